The van der Waals surface area contributed by atoms with Crippen LogP contribution in [0.15, 0.2) is 40.9 Å². The fraction of sp³-hybridized carbons (Fsp3) is 0.0714. The molecule has 0 saturated heterocycles. The zero-order valence-corrected chi connectivity index (χ0v) is 12.3. The molecule has 0 aliphatic heterocycles. The average Bonchev–Trinajstić information content (AvgIpc) is 2.30. The Morgan fingerprint density at radius 3 is 2.68 bits per heavy atom. The van der Waals surface area contributed by atoms with Crippen LogP contribution in [0.3, 0.4) is 0 Å². The van der Waals surface area contributed by atoms with Gasteiger partial charge in [-0.05, 0) is 48.9 Å². The molecule has 0 heterocycles. The van der Waals surface area contributed by atoms with Crippen molar-refractivity contribution in [2.24, 2.45) is 0 Å². The van der Waals surface area contributed by atoms with E-state index < -0.39 is 11.7 Å². The van der Waals surface area contributed by atoms with Gasteiger partial charge in [0.05, 0.1) is 5.56 Å². The highest BCUT2D eigenvalue weighted by Gasteiger charge is 2.12. The molecule has 1 N–H and O–H groups in total. The Bertz CT molecular complexity index is 625. The minimum atomic E-state index is -0.603. The van der Waals surface area contributed by atoms with E-state index in [1.165, 1.54) is 18.2 Å². The van der Waals surface area contributed by atoms with E-state index in [0.29, 0.717) is 10.7 Å². The number of carbonyl (C=O) groups is 1. The lowest BCUT2D eigenvalue weighted by Gasteiger charge is -2.08. The highest BCUT2D eigenvalue weighted by Crippen LogP contribution is 2.21. The van der Waals surface area contributed by atoms with Gasteiger partial charge in [-0.25, -0.2) is 4.39 Å². The van der Waals surface area contributed by atoms with Crippen LogP contribution < -0.4 is 5.32 Å². The van der Waals surface area contributed by atoms with Gasteiger partial charge in [-0.3, -0.25) is 4.79 Å². The highest BCUT2D eigenvalue weighted by atomic mass is 79.9. The van der Waals surface area contributed by atoms with Crippen molar-refractivity contribution in [1.29, 1.82) is 0 Å². The monoisotopic (exact) mass is 341 g/mol. The lowest BCUT2D eigenvalue weighted by Crippen LogP contribution is -2.13. The van der Waals surface area contributed by atoms with Crippen molar-refractivity contribution in [2.45, 2.75) is 6.92 Å². The molecule has 0 aliphatic rings. The van der Waals surface area contributed by atoms with Gasteiger partial charge in [0.1, 0.15) is 5.82 Å². The van der Waals surface area contributed by atoms with Gasteiger partial charge in [-0.1, -0.05) is 27.5 Å². The molecule has 0 saturated carbocycles. The molecular formula is C14H10BrClFNO. The van der Waals surface area contributed by atoms with Crippen LogP contribution >= 0.6 is 27.5 Å². The van der Waals surface area contributed by atoms with Crippen molar-refractivity contribution in [2.75, 3.05) is 5.32 Å². The number of halogens is 3. The molecule has 2 rings (SSSR count). The maximum atomic E-state index is 13.6. The summed E-state index contributed by atoms with van der Waals surface area (Å²) in [6, 6.07) is 9.32. The van der Waals surface area contributed by atoms with Crippen LogP contribution in [0.2, 0.25) is 5.02 Å². The van der Waals surface area contributed by atoms with Gasteiger partial charge < -0.3 is 5.32 Å². The minimum Gasteiger partial charge on any atom is -0.322 e. The van der Waals surface area contributed by atoms with Crippen molar-refractivity contribution in [3.8, 4) is 0 Å². The SMILES string of the molecule is Cc1cc(Br)cc(NC(=O)c2cc(Cl)ccc2F)c1. The van der Waals surface area contributed by atoms with Gasteiger partial charge in [0.2, 0.25) is 0 Å². The van der Waals surface area contributed by atoms with Gasteiger partial charge in [-0.2, -0.15) is 0 Å². The number of hydrogen-bond acceptors (Lipinski definition) is 1. The fourth-order valence-corrected chi connectivity index (χ4v) is 2.46. The molecule has 0 radical (unpaired) electrons. The molecule has 0 bridgehead atoms. The van der Waals surface area contributed by atoms with E-state index in [9.17, 15) is 9.18 Å². The molecule has 0 unspecified atom stereocenters. The van der Waals surface area contributed by atoms with Crippen LogP contribution in [0.4, 0.5) is 10.1 Å². The van der Waals surface area contributed by atoms with Crippen LogP contribution in [0, 0.1) is 12.7 Å². The Labute approximate surface area is 123 Å². The molecule has 2 nitrogen and oxygen atoms in total. The summed E-state index contributed by atoms with van der Waals surface area (Å²) in [4.78, 5) is 12.0. The van der Waals surface area contributed by atoms with Gasteiger partial charge in [0.15, 0.2) is 0 Å². The van der Waals surface area contributed by atoms with Crippen molar-refractivity contribution in [3.63, 3.8) is 0 Å². The normalized spacial score (nSPS) is 10.3. The summed E-state index contributed by atoms with van der Waals surface area (Å²) < 4.78 is 14.4. The van der Waals surface area contributed by atoms with E-state index in [-0.39, 0.29) is 5.56 Å². The van der Waals surface area contributed by atoms with Gasteiger partial charge >= 0.3 is 0 Å². The smallest absolute Gasteiger partial charge is 0.258 e. The second kappa shape index (κ2) is 5.72. The third-order valence-electron chi connectivity index (χ3n) is 2.47. The summed E-state index contributed by atoms with van der Waals surface area (Å²) in [7, 11) is 0. The zero-order chi connectivity index (χ0) is 14.0. The molecule has 0 aromatic heterocycles. The number of rotatable bonds is 2. The largest absolute Gasteiger partial charge is 0.322 e. The van der Waals surface area contributed by atoms with Crippen molar-refractivity contribution in [1.82, 2.24) is 0 Å². The summed E-state index contributed by atoms with van der Waals surface area (Å²) in [6.45, 7) is 1.90. The predicted octanol–water partition coefficient (Wildman–Crippen LogP) is 4.80. The number of aryl methyl sites for hydroxylation is 1. The third kappa shape index (κ3) is 3.55. The lowest BCUT2D eigenvalue weighted by molar-refractivity contribution is 0.102. The zero-order valence-electron chi connectivity index (χ0n) is 10.0. The second-order valence-corrected chi connectivity index (χ2v) is 5.45. The number of anilines is 1. The second-order valence-electron chi connectivity index (χ2n) is 4.10. The molecule has 19 heavy (non-hydrogen) atoms. The van der Waals surface area contributed by atoms with Crippen molar-refractivity contribution >= 4 is 39.1 Å². The molecule has 0 atom stereocenters. The molecule has 0 fully saturated rings. The quantitative estimate of drug-likeness (QED) is 0.834. The van der Waals surface area contributed by atoms with Crippen LogP contribution in [0.25, 0.3) is 0 Å². The fourth-order valence-electron chi connectivity index (χ4n) is 1.68. The third-order valence-corrected chi connectivity index (χ3v) is 3.17. The molecule has 5 heteroatoms. The first kappa shape index (κ1) is 14.0. The Kier molecular flexibility index (Phi) is 4.22. The van der Waals surface area contributed by atoms with Gasteiger partial charge in [0, 0.05) is 15.2 Å². The van der Waals surface area contributed by atoms with E-state index in [1.54, 1.807) is 12.1 Å². The number of carbonyl (C=O) groups excluding carboxylic acids is 1. The van der Waals surface area contributed by atoms with Crippen LogP contribution in [-0.4, -0.2) is 5.91 Å². The summed E-state index contributed by atoms with van der Waals surface area (Å²) in [5, 5.41) is 2.96. The van der Waals surface area contributed by atoms with Crippen molar-refractivity contribution < 1.29 is 9.18 Å². The summed E-state index contributed by atoms with van der Waals surface area (Å²) >= 11 is 9.10. The van der Waals surface area contributed by atoms with E-state index >= 15 is 0 Å². The molecule has 1 amide bonds. The molecule has 98 valence electrons. The van der Waals surface area contributed by atoms with Crippen molar-refractivity contribution in [3.05, 3.63) is 62.8 Å². The number of amides is 1. The molecule has 0 aliphatic carbocycles. The summed E-state index contributed by atoms with van der Waals surface area (Å²) in [6.07, 6.45) is 0. The Hall–Kier alpha value is -1.39. The Balaban J connectivity index is 2.28. The molecule has 2 aromatic rings. The number of nitrogens with one attached hydrogen (secondary N) is 1. The maximum Gasteiger partial charge on any atom is 0.258 e. The first-order valence-corrected chi connectivity index (χ1v) is 6.66. The van der Waals surface area contributed by atoms with Crippen LogP contribution in [0.1, 0.15) is 15.9 Å². The highest BCUT2D eigenvalue weighted by molar-refractivity contribution is 9.10. The van der Waals surface area contributed by atoms with Crippen LogP contribution in [0.5, 0.6) is 0 Å². The predicted molar refractivity (Wildman–Crippen MR) is 78.2 cm³/mol. The Morgan fingerprint density at radius 1 is 1.26 bits per heavy atom. The van der Waals surface area contributed by atoms with E-state index in [0.717, 1.165) is 10.0 Å². The standard InChI is InChI=1S/C14H10BrClFNO/c1-8-4-9(15)6-11(5-8)18-14(19)12-7-10(16)2-3-13(12)17/h2-7H,1H3,(H,18,19). The summed E-state index contributed by atoms with van der Waals surface area (Å²) in [5.74, 6) is -1.13. The van der Waals surface area contributed by atoms with Crippen LogP contribution in [-0.2, 0) is 0 Å². The topological polar surface area (TPSA) is 29.1 Å². The number of hydrogen-bond donors (Lipinski definition) is 1. The maximum absolute atomic E-state index is 13.6. The Morgan fingerprint density at radius 2 is 2.00 bits per heavy atom. The minimum absolute atomic E-state index is 0.0786. The number of benzene rings is 2. The molecular weight excluding hydrogens is 333 g/mol. The average molecular weight is 343 g/mol. The van der Waals surface area contributed by atoms with E-state index in [2.05, 4.69) is 21.2 Å². The lowest BCUT2D eigenvalue weighted by atomic mass is 10.1. The molecule has 0 spiro atoms. The first-order valence-electron chi connectivity index (χ1n) is 5.49. The first-order chi connectivity index (χ1) is 8.95. The summed E-state index contributed by atoms with van der Waals surface area (Å²) in [5.41, 5.74) is 1.50. The van der Waals surface area contributed by atoms with Gasteiger partial charge in [-0.15, -0.1) is 0 Å². The van der Waals surface area contributed by atoms with Gasteiger partial charge in [0.25, 0.3) is 5.91 Å². The molecule has 2 aromatic carbocycles. The van der Waals surface area contributed by atoms with E-state index in [1.807, 2.05) is 13.0 Å². The van der Waals surface area contributed by atoms with E-state index in [4.69, 9.17) is 11.6 Å².